The van der Waals surface area contributed by atoms with Crippen LogP contribution in [0, 0.1) is 5.92 Å². The van der Waals surface area contributed by atoms with Crippen molar-refractivity contribution in [2.24, 2.45) is 10.9 Å². The molecule has 1 aliphatic carbocycles. The van der Waals surface area contributed by atoms with E-state index in [2.05, 4.69) is 42.5 Å². The third-order valence-corrected chi connectivity index (χ3v) is 3.39. The molecule has 15 heavy (non-hydrogen) atoms. The quantitative estimate of drug-likeness (QED) is 0.613. The number of fused-ring (bicyclic) bond motifs is 1. The molecule has 1 aromatic rings. The van der Waals surface area contributed by atoms with E-state index < -0.39 is 0 Å². The lowest BCUT2D eigenvalue weighted by atomic mass is 9.88. The molecule has 76 valence electrons. The molecular formula is C14H15N. The number of aliphatic imine (C=N–C) groups is 1. The first kappa shape index (κ1) is 8.90. The van der Waals surface area contributed by atoms with E-state index >= 15 is 0 Å². The van der Waals surface area contributed by atoms with Gasteiger partial charge in [0, 0.05) is 5.71 Å². The SMILES string of the molecule is C1=C[C@@H]2N=C(c3ccccc3)C[C@@H]2CC1. The third-order valence-electron chi connectivity index (χ3n) is 3.39. The van der Waals surface area contributed by atoms with Gasteiger partial charge < -0.3 is 0 Å². The Labute approximate surface area is 90.5 Å². The Hall–Kier alpha value is -1.37. The van der Waals surface area contributed by atoms with Crippen LogP contribution in [0.25, 0.3) is 0 Å². The fraction of sp³-hybridized carbons (Fsp3) is 0.357. The smallest absolute Gasteiger partial charge is 0.0715 e. The molecule has 2 atom stereocenters. The number of rotatable bonds is 1. The minimum absolute atomic E-state index is 0.467. The van der Waals surface area contributed by atoms with Crippen molar-refractivity contribution in [2.75, 3.05) is 0 Å². The lowest BCUT2D eigenvalue weighted by Crippen LogP contribution is -2.14. The summed E-state index contributed by atoms with van der Waals surface area (Å²) in [5.74, 6) is 0.769. The lowest BCUT2D eigenvalue weighted by Gasteiger charge is -2.17. The van der Waals surface area contributed by atoms with Gasteiger partial charge in [0.2, 0.25) is 0 Å². The maximum absolute atomic E-state index is 4.81. The van der Waals surface area contributed by atoms with E-state index in [0.29, 0.717) is 6.04 Å². The molecule has 0 bridgehead atoms. The Morgan fingerprint density at radius 3 is 2.80 bits per heavy atom. The Balaban J connectivity index is 1.88. The zero-order chi connectivity index (χ0) is 10.1. The summed E-state index contributed by atoms with van der Waals surface area (Å²) in [5, 5.41) is 0. The Bertz CT molecular complexity index is 403. The highest BCUT2D eigenvalue weighted by Gasteiger charge is 2.28. The van der Waals surface area contributed by atoms with E-state index in [9.17, 15) is 0 Å². The molecule has 1 nitrogen and oxygen atoms in total. The lowest BCUT2D eigenvalue weighted by molar-refractivity contribution is 0.470. The molecule has 0 N–H and O–H groups in total. The van der Waals surface area contributed by atoms with Gasteiger partial charge in [-0.15, -0.1) is 0 Å². The van der Waals surface area contributed by atoms with Crippen LogP contribution < -0.4 is 0 Å². The van der Waals surface area contributed by atoms with Crippen molar-refractivity contribution < 1.29 is 0 Å². The minimum Gasteiger partial charge on any atom is -0.281 e. The van der Waals surface area contributed by atoms with Crippen LogP contribution in [0.5, 0.6) is 0 Å². The average molecular weight is 197 g/mol. The molecule has 3 rings (SSSR count). The van der Waals surface area contributed by atoms with E-state index in [1.807, 2.05) is 0 Å². The van der Waals surface area contributed by atoms with Gasteiger partial charge in [-0.05, 0) is 30.7 Å². The summed E-state index contributed by atoms with van der Waals surface area (Å²) in [6.07, 6.45) is 8.27. The summed E-state index contributed by atoms with van der Waals surface area (Å²) >= 11 is 0. The average Bonchev–Trinajstić information content (AvgIpc) is 2.74. The molecule has 1 aliphatic heterocycles. The van der Waals surface area contributed by atoms with Crippen LogP contribution in [-0.2, 0) is 0 Å². The molecule has 0 amide bonds. The molecule has 0 saturated heterocycles. The second-order valence-corrected chi connectivity index (χ2v) is 4.40. The van der Waals surface area contributed by atoms with E-state index in [1.165, 1.54) is 30.5 Å². The second-order valence-electron chi connectivity index (χ2n) is 4.40. The molecular weight excluding hydrogens is 182 g/mol. The summed E-state index contributed by atoms with van der Waals surface area (Å²) < 4.78 is 0. The number of hydrogen-bond donors (Lipinski definition) is 0. The summed E-state index contributed by atoms with van der Waals surface area (Å²) in [6.45, 7) is 0. The summed E-state index contributed by atoms with van der Waals surface area (Å²) in [7, 11) is 0. The van der Waals surface area contributed by atoms with Crippen molar-refractivity contribution in [3.05, 3.63) is 48.0 Å². The van der Waals surface area contributed by atoms with Gasteiger partial charge >= 0.3 is 0 Å². The third kappa shape index (κ3) is 1.63. The fourth-order valence-corrected chi connectivity index (χ4v) is 2.55. The van der Waals surface area contributed by atoms with Crippen molar-refractivity contribution >= 4 is 5.71 Å². The Morgan fingerprint density at radius 1 is 1.13 bits per heavy atom. The van der Waals surface area contributed by atoms with Crippen LogP contribution in [0.1, 0.15) is 24.8 Å². The van der Waals surface area contributed by atoms with Crippen molar-refractivity contribution in [3.8, 4) is 0 Å². The monoisotopic (exact) mass is 197 g/mol. The van der Waals surface area contributed by atoms with Crippen molar-refractivity contribution in [3.63, 3.8) is 0 Å². The number of hydrogen-bond acceptors (Lipinski definition) is 1. The normalized spacial score (nSPS) is 28.7. The van der Waals surface area contributed by atoms with Gasteiger partial charge in [0.25, 0.3) is 0 Å². The predicted octanol–water partition coefficient (Wildman–Crippen LogP) is 3.21. The molecule has 0 unspecified atom stereocenters. The first-order valence-corrected chi connectivity index (χ1v) is 5.72. The number of benzene rings is 1. The van der Waals surface area contributed by atoms with Crippen molar-refractivity contribution in [1.29, 1.82) is 0 Å². The maximum atomic E-state index is 4.81. The topological polar surface area (TPSA) is 12.4 Å². The van der Waals surface area contributed by atoms with Gasteiger partial charge in [0.05, 0.1) is 6.04 Å². The van der Waals surface area contributed by atoms with Crippen LogP contribution in [-0.4, -0.2) is 11.8 Å². The molecule has 0 spiro atoms. The molecule has 0 saturated carbocycles. The molecule has 0 fully saturated rings. The molecule has 1 heterocycles. The maximum Gasteiger partial charge on any atom is 0.0715 e. The standard InChI is InChI=1S/C14H15N/c1-2-6-11(7-3-1)14-10-12-8-4-5-9-13(12)15-14/h1-3,5-7,9,12-13H,4,8,10H2/t12-,13-/m0/s1. The zero-order valence-electron chi connectivity index (χ0n) is 8.76. The van der Waals surface area contributed by atoms with E-state index in [4.69, 9.17) is 4.99 Å². The highest BCUT2D eigenvalue weighted by atomic mass is 14.8. The highest BCUT2D eigenvalue weighted by molar-refractivity contribution is 6.02. The molecule has 0 radical (unpaired) electrons. The largest absolute Gasteiger partial charge is 0.281 e. The second kappa shape index (κ2) is 3.65. The van der Waals surface area contributed by atoms with Crippen LogP contribution in [0.2, 0.25) is 0 Å². The molecule has 1 aromatic carbocycles. The first-order chi connectivity index (χ1) is 7.43. The van der Waals surface area contributed by atoms with Crippen LogP contribution in [0.4, 0.5) is 0 Å². The molecule has 0 aromatic heterocycles. The van der Waals surface area contributed by atoms with Crippen molar-refractivity contribution in [2.45, 2.75) is 25.3 Å². The highest BCUT2D eigenvalue weighted by Crippen LogP contribution is 2.32. The number of nitrogens with zero attached hydrogens (tertiary/aromatic N) is 1. The summed E-state index contributed by atoms with van der Waals surface area (Å²) in [4.78, 5) is 4.81. The van der Waals surface area contributed by atoms with Gasteiger partial charge in [-0.3, -0.25) is 4.99 Å². The van der Waals surface area contributed by atoms with Crippen LogP contribution in [0.3, 0.4) is 0 Å². The van der Waals surface area contributed by atoms with E-state index in [-0.39, 0.29) is 0 Å². The van der Waals surface area contributed by atoms with Crippen molar-refractivity contribution in [1.82, 2.24) is 0 Å². The van der Waals surface area contributed by atoms with E-state index in [0.717, 1.165) is 5.92 Å². The predicted molar refractivity (Wildman–Crippen MR) is 63.2 cm³/mol. The fourth-order valence-electron chi connectivity index (χ4n) is 2.55. The van der Waals surface area contributed by atoms with Gasteiger partial charge in [-0.2, -0.15) is 0 Å². The van der Waals surface area contributed by atoms with Crippen LogP contribution in [0.15, 0.2) is 47.5 Å². The Kier molecular flexibility index (Phi) is 2.17. The number of allylic oxidation sites excluding steroid dienone is 1. The summed E-state index contributed by atoms with van der Waals surface area (Å²) in [5.41, 5.74) is 2.61. The molecule has 2 aliphatic rings. The van der Waals surface area contributed by atoms with Crippen LogP contribution >= 0.6 is 0 Å². The zero-order valence-corrected chi connectivity index (χ0v) is 8.76. The first-order valence-electron chi connectivity index (χ1n) is 5.72. The van der Waals surface area contributed by atoms with Gasteiger partial charge in [-0.25, -0.2) is 0 Å². The van der Waals surface area contributed by atoms with E-state index in [1.54, 1.807) is 0 Å². The molecule has 1 heteroatoms. The van der Waals surface area contributed by atoms with Gasteiger partial charge in [0.1, 0.15) is 0 Å². The minimum atomic E-state index is 0.467. The van der Waals surface area contributed by atoms with Gasteiger partial charge in [0.15, 0.2) is 0 Å². The Morgan fingerprint density at radius 2 is 2.00 bits per heavy atom. The van der Waals surface area contributed by atoms with Gasteiger partial charge in [-0.1, -0.05) is 42.5 Å². The summed E-state index contributed by atoms with van der Waals surface area (Å²) in [6, 6.07) is 11.0.